The Hall–Kier alpha value is -15.8. The Morgan fingerprint density at radius 2 is 0.500 bits per heavy atom. The first kappa shape index (κ1) is 69.0. The molecule has 4 heterocycles. The molecule has 550 valence electrons. The highest BCUT2D eigenvalue weighted by Crippen LogP contribution is 2.44. The number of furan rings is 2. The molecule has 6 heteroatoms. The van der Waals surface area contributed by atoms with E-state index in [1.54, 1.807) is 0 Å². The fraction of sp³-hybridized carbons (Fsp3) is 0. The number of fused-ring (bicyclic) bond motifs is 15. The zero-order valence-electron chi connectivity index (χ0n) is 64.0. The van der Waals surface area contributed by atoms with Gasteiger partial charge in [0.15, 0.2) is 11.6 Å². The number of nitrogens with zero attached hydrogens (tertiary/aromatic N) is 4. The first-order valence-corrected chi connectivity index (χ1v) is 40.0. The van der Waals surface area contributed by atoms with Gasteiger partial charge in [-0.25, -0.2) is 19.9 Å². The van der Waals surface area contributed by atoms with E-state index in [1.165, 1.54) is 70.6 Å². The van der Waals surface area contributed by atoms with Gasteiger partial charge in [-0.2, -0.15) is 0 Å². The first-order valence-electron chi connectivity index (χ1n) is 40.0. The Kier molecular flexibility index (Phi) is 17.1. The molecule has 0 amide bonds. The lowest BCUT2D eigenvalue weighted by Gasteiger charge is -2.13. The highest BCUT2D eigenvalue weighted by Gasteiger charge is 2.20. The van der Waals surface area contributed by atoms with Crippen molar-refractivity contribution < 1.29 is 8.83 Å². The van der Waals surface area contributed by atoms with Crippen molar-refractivity contribution in [1.82, 2.24) is 19.9 Å². The minimum Gasteiger partial charge on any atom is -0.456 e. The van der Waals surface area contributed by atoms with Crippen LogP contribution in [0.2, 0.25) is 0 Å². The van der Waals surface area contributed by atoms with Crippen LogP contribution in [0.3, 0.4) is 0 Å². The summed E-state index contributed by atoms with van der Waals surface area (Å²) in [7, 11) is 0. The fourth-order valence-corrected chi connectivity index (χ4v) is 17.3. The lowest BCUT2D eigenvalue weighted by molar-refractivity contribution is 0.669. The molecule has 0 aliphatic heterocycles. The van der Waals surface area contributed by atoms with Crippen molar-refractivity contribution in [1.29, 1.82) is 0 Å². The van der Waals surface area contributed by atoms with Crippen LogP contribution in [0.4, 0.5) is 0 Å². The molecule has 0 fully saturated rings. The topological polar surface area (TPSA) is 77.8 Å². The van der Waals surface area contributed by atoms with Gasteiger partial charge in [0, 0.05) is 60.5 Å². The van der Waals surface area contributed by atoms with Gasteiger partial charge >= 0.3 is 0 Å². The van der Waals surface area contributed by atoms with Crippen LogP contribution in [0, 0.1) is 0 Å². The molecular weight excluding hydrogens is 1430 g/mol. The molecule has 19 aromatic carbocycles. The minimum atomic E-state index is 0.692. The van der Waals surface area contributed by atoms with Crippen molar-refractivity contribution in [3.63, 3.8) is 0 Å². The molecule has 0 unspecified atom stereocenters. The minimum absolute atomic E-state index is 0.692. The van der Waals surface area contributed by atoms with Crippen LogP contribution in [0.15, 0.2) is 433 Å². The first-order chi connectivity index (χ1) is 58.4. The van der Waals surface area contributed by atoms with E-state index in [0.717, 1.165) is 150 Å². The fourth-order valence-electron chi connectivity index (χ4n) is 17.3. The Morgan fingerprint density at radius 3 is 1.07 bits per heavy atom. The second-order valence-electron chi connectivity index (χ2n) is 30.2. The summed E-state index contributed by atoms with van der Waals surface area (Å²) in [5.41, 5.74) is 27.1. The molecule has 0 spiro atoms. The van der Waals surface area contributed by atoms with Gasteiger partial charge in [-0.05, 0) is 164 Å². The SMILES string of the molecule is c1ccc(-c2cc(-c3ccc(-c4ccc(-c5cccc6c5oc5ccccc56)cc4)cc3)nc(-c3cccc(-c4cc5ccccc5c5ccccc45)c3)n2)cc1.c1ccc(-c2cc(-c3ccc(-c4ccc(-c5cccc6oc7ccccc7c56)cc4)cc3)nc(-c3ccc(-c4ccc5c6ccccc6c6ccccc6c5c4)cc3)n2)cc1. The molecule has 0 saturated heterocycles. The van der Waals surface area contributed by atoms with Crippen molar-refractivity contribution in [2.45, 2.75) is 0 Å². The maximum atomic E-state index is 6.33. The van der Waals surface area contributed by atoms with Gasteiger partial charge in [0.05, 0.1) is 22.8 Å². The summed E-state index contributed by atoms with van der Waals surface area (Å²) in [5, 5.41) is 17.2. The van der Waals surface area contributed by atoms with Gasteiger partial charge in [-0.15, -0.1) is 0 Å². The Labute approximate surface area is 681 Å². The molecule has 0 radical (unpaired) electrons. The molecule has 0 N–H and O–H groups in total. The summed E-state index contributed by atoms with van der Waals surface area (Å²) < 4.78 is 12.5. The Bertz CT molecular complexity index is 7770. The van der Waals surface area contributed by atoms with Gasteiger partial charge in [-0.3, -0.25) is 0 Å². The molecule has 118 heavy (non-hydrogen) atoms. The van der Waals surface area contributed by atoms with Crippen LogP contribution in [-0.2, 0) is 0 Å². The van der Waals surface area contributed by atoms with E-state index in [4.69, 9.17) is 28.8 Å². The number of benzene rings is 19. The maximum absolute atomic E-state index is 6.33. The third-order valence-electron chi connectivity index (χ3n) is 23.2. The van der Waals surface area contributed by atoms with Crippen LogP contribution in [-0.4, -0.2) is 19.9 Å². The summed E-state index contributed by atoms with van der Waals surface area (Å²) >= 11 is 0. The molecule has 23 aromatic rings. The average molecular weight is 1500 g/mol. The van der Waals surface area contributed by atoms with Crippen LogP contribution in [0.5, 0.6) is 0 Å². The summed E-state index contributed by atoms with van der Waals surface area (Å²) in [6.45, 7) is 0. The second kappa shape index (κ2) is 29.3. The summed E-state index contributed by atoms with van der Waals surface area (Å²) in [6.07, 6.45) is 0. The van der Waals surface area contributed by atoms with Gasteiger partial charge in [-0.1, -0.05) is 376 Å². The largest absolute Gasteiger partial charge is 0.456 e. The summed E-state index contributed by atoms with van der Waals surface area (Å²) in [4.78, 5) is 20.7. The van der Waals surface area contributed by atoms with E-state index in [1.807, 2.05) is 42.5 Å². The zero-order chi connectivity index (χ0) is 78.0. The second-order valence-corrected chi connectivity index (χ2v) is 30.2. The van der Waals surface area contributed by atoms with Gasteiger partial charge in [0.25, 0.3) is 0 Å². The normalized spacial score (nSPS) is 11.6. The van der Waals surface area contributed by atoms with E-state index in [2.05, 4.69) is 382 Å². The predicted molar refractivity (Wildman–Crippen MR) is 491 cm³/mol. The number of para-hydroxylation sites is 3. The average Bonchev–Trinajstić information content (AvgIpc) is 1.71. The molecule has 0 saturated carbocycles. The monoisotopic (exact) mass is 1500 g/mol. The van der Waals surface area contributed by atoms with Crippen molar-refractivity contribution in [3.8, 4) is 135 Å². The van der Waals surface area contributed by atoms with E-state index in [0.29, 0.717) is 11.6 Å². The van der Waals surface area contributed by atoms with Crippen LogP contribution in [0.25, 0.3) is 232 Å². The molecule has 0 aliphatic carbocycles. The lowest BCUT2D eigenvalue weighted by Crippen LogP contribution is -1.96. The van der Waals surface area contributed by atoms with Gasteiger partial charge in [0.1, 0.15) is 22.3 Å². The predicted octanol–water partition coefficient (Wildman–Crippen LogP) is 30.5. The smallest absolute Gasteiger partial charge is 0.160 e. The molecule has 6 nitrogen and oxygen atoms in total. The van der Waals surface area contributed by atoms with E-state index in [-0.39, 0.29) is 0 Å². The highest BCUT2D eigenvalue weighted by atomic mass is 16.3. The molecule has 0 aliphatic rings. The number of hydrogen-bond acceptors (Lipinski definition) is 6. The van der Waals surface area contributed by atoms with E-state index in [9.17, 15) is 0 Å². The molecule has 0 atom stereocenters. The van der Waals surface area contributed by atoms with Crippen LogP contribution >= 0.6 is 0 Å². The van der Waals surface area contributed by atoms with Gasteiger partial charge < -0.3 is 8.83 Å². The third kappa shape index (κ3) is 12.7. The number of aromatic nitrogens is 4. The Balaban J connectivity index is 0.000000143. The Morgan fingerprint density at radius 1 is 0.153 bits per heavy atom. The van der Waals surface area contributed by atoms with Gasteiger partial charge in [0.2, 0.25) is 0 Å². The van der Waals surface area contributed by atoms with Crippen molar-refractivity contribution in [2.24, 2.45) is 0 Å². The third-order valence-corrected chi connectivity index (χ3v) is 23.2. The highest BCUT2D eigenvalue weighted by molar-refractivity contribution is 6.26. The van der Waals surface area contributed by atoms with E-state index >= 15 is 0 Å². The van der Waals surface area contributed by atoms with Crippen molar-refractivity contribution in [3.05, 3.63) is 425 Å². The van der Waals surface area contributed by atoms with Crippen molar-refractivity contribution >= 4 is 97.7 Å². The standard InChI is InChI=1S/C58H36N2O.C54H34N2O/c1-2-11-41(12-3-1)53-36-54(42-29-23-38(24-30-42)37-21-27-40(28-22-37)45-18-10-20-56-57(45)51-17-8-9-19-55(51)61-56)60-58(59-53)43-31-25-39(26-32-43)44-33-34-50-48-15-5-4-13-46(48)47-14-6-7-16-49(47)52(50)35-44;1-2-12-38(13-3-1)50-34-51(56-54(55-50)42-16-10-15-40(32-42)49-33-41-14-4-5-17-43(41)45-18-6-7-19-46(45)49)39-30-26-36(27-31-39)35-24-28-37(29-25-35)44-21-11-22-48-47-20-8-9-23-52(47)57-53(44)48/h1-36H;1-34H. The lowest BCUT2D eigenvalue weighted by atomic mass is 9.92. The summed E-state index contributed by atoms with van der Waals surface area (Å²) in [6, 6.07) is 150. The molecular formula is C112H70N4O2. The number of hydrogen-bond donors (Lipinski definition) is 0. The maximum Gasteiger partial charge on any atom is 0.160 e. The molecule has 4 aromatic heterocycles. The summed E-state index contributed by atoms with van der Waals surface area (Å²) in [5.74, 6) is 1.39. The van der Waals surface area contributed by atoms with Crippen LogP contribution in [0.1, 0.15) is 0 Å². The number of rotatable bonds is 12. The quantitative estimate of drug-likeness (QED) is 0.113. The van der Waals surface area contributed by atoms with Crippen molar-refractivity contribution in [2.75, 3.05) is 0 Å². The van der Waals surface area contributed by atoms with E-state index < -0.39 is 0 Å². The zero-order valence-corrected chi connectivity index (χ0v) is 64.0. The molecule has 0 bridgehead atoms. The van der Waals surface area contributed by atoms with Crippen LogP contribution < -0.4 is 0 Å². The molecule has 23 rings (SSSR count).